The zero-order chi connectivity index (χ0) is 12.3. The van der Waals surface area contributed by atoms with Gasteiger partial charge in [0.15, 0.2) is 5.12 Å². The van der Waals surface area contributed by atoms with Crippen LogP contribution in [0.2, 0.25) is 0 Å². The summed E-state index contributed by atoms with van der Waals surface area (Å²) < 4.78 is 5.14. The summed E-state index contributed by atoms with van der Waals surface area (Å²) >= 11 is 1.59. The number of rotatable bonds is 2. The molecule has 0 saturated carbocycles. The maximum absolute atomic E-state index is 11.1. The minimum Gasteiger partial charge on any atom is -0.538 e. The first-order chi connectivity index (χ1) is 8.01. The van der Waals surface area contributed by atoms with Crippen molar-refractivity contribution in [1.29, 1.82) is 0 Å². The summed E-state index contributed by atoms with van der Waals surface area (Å²) in [6, 6.07) is -0.421. The molecule has 0 aliphatic carbocycles. The van der Waals surface area contributed by atoms with Crippen molar-refractivity contribution in [3.63, 3.8) is 0 Å². The second kappa shape index (κ2) is 4.64. The average Bonchev–Trinajstić information content (AvgIpc) is 2.54. The Hall–Kier alpha value is 0.204. The summed E-state index contributed by atoms with van der Waals surface area (Å²) in [5.74, 6) is -0.180. The van der Waals surface area contributed by atoms with Gasteiger partial charge in [0.1, 0.15) is 11.8 Å². The van der Waals surface area contributed by atoms with Crippen LogP contribution < -0.4 is 10.7 Å². The Bertz CT molecular complexity index is 376. The third kappa shape index (κ3) is 1.83. The Morgan fingerprint density at radius 3 is 2.94 bits per heavy atom. The zero-order valence-corrected chi connectivity index (χ0v) is 12.1. The molecule has 3 fully saturated rings. The number of hydrogen-bond donors (Lipinski definition) is 3. The predicted octanol–water partition coefficient (Wildman–Crippen LogP) is -0.998. The molecule has 1 spiro atoms. The Balaban J connectivity index is 0.00000120. The normalized spacial score (nSPS) is 43.6. The average molecular weight is 310 g/mol. The summed E-state index contributed by atoms with van der Waals surface area (Å²) in [6.45, 7) is 3.04. The number of thioether (sulfide) groups is 1. The largest absolute Gasteiger partial charge is 0.538 e. The van der Waals surface area contributed by atoms with E-state index in [9.17, 15) is 4.79 Å². The number of nitrogens with one attached hydrogen (secondary N) is 2. The molecule has 3 saturated heterocycles. The molecule has 3 atom stereocenters. The first kappa shape index (κ1) is 14.6. The summed E-state index contributed by atoms with van der Waals surface area (Å²) in [4.78, 5) is 13.0. The van der Waals surface area contributed by atoms with Crippen LogP contribution >= 0.6 is 11.8 Å². The number of hydrogen-bond acceptors (Lipinski definition) is 7. The van der Waals surface area contributed by atoms with Crippen LogP contribution in [0.15, 0.2) is 0 Å². The Labute approximate surface area is 121 Å². The number of ether oxygens (including phenoxy) is 1. The maximum Gasteiger partial charge on any atom is 0.321 e. The van der Waals surface area contributed by atoms with Crippen LogP contribution in [-0.4, -0.2) is 56.8 Å². The van der Waals surface area contributed by atoms with Crippen molar-refractivity contribution < 1.29 is 33.2 Å². The van der Waals surface area contributed by atoms with Gasteiger partial charge < -0.3 is 9.84 Å². The van der Waals surface area contributed by atoms with Gasteiger partial charge in [-0.25, -0.2) is 17.4 Å². The second-order valence-corrected chi connectivity index (χ2v) is 5.84. The Morgan fingerprint density at radius 2 is 2.39 bits per heavy atom. The van der Waals surface area contributed by atoms with Crippen molar-refractivity contribution in [3.05, 3.63) is 7.11 Å². The fourth-order valence-electron chi connectivity index (χ4n) is 2.43. The summed E-state index contributed by atoms with van der Waals surface area (Å²) in [7, 11) is 3.45. The van der Waals surface area contributed by atoms with E-state index in [1.54, 1.807) is 11.8 Å². The van der Waals surface area contributed by atoms with Gasteiger partial charge >= 0.3 is 5.97 Å². The van der Waals surface area contributed by atoms with Gasteiger partial charge in [0.05, 0.1) is 6.67 Å². The third-order valence-electron chi connectivity index (χ3n) is 3.50. The van der Waals surface area contributed by atoms with E-state index in [1.165, 1.54) is 0 Å². The topological polar surface area (TPSA) is 77.1 Å². The van der Waals surface area contributed by atoms with Gasteiger partial charge in [-0.05, 0) is 6.92 Å². The number of carbonyl (C=O) groups is 1. The van der Waals surface area contributed by atoms with Crippen LogP contribution in [0.5, 0.6) is 0 Å². The molecule has 9 heteroatoms. The molecular formula is C9H15N4O3SV-. The molecule has 3 aliphatic rings. The first-order valence-corrected chi connectivity index (χ1v) is 6.36. The van der Waals surface area contributed by atoms with E-state index in [0.717, 1.165) is 0 Å². The molecule has 7 nitrogen and oxygen atoms in total. The van der Waals surface area contributed by atoms with Crippen LogP contribution in [0.4, 0.5) is 0 Å². The van der Waals surface area contributed by atoms with E-state index in [-0.39, 0.29) is 18.6 Å². The van der Waals surface area contributed by atoms with Gasteiger partial charge in [-0.2, -0.15) is 5.01 Å². The van der Waals surface area contributed by atoms with Crippen molar-refractivity contribution in [1.82, 2.24) is 20.7 Å². The van der Waals surface area contributed by atoms with Crippen molar-refractivity contribution in [2.45, 2.75) is 23.8 Å². The molecule has 0 amide bonds. The first-order valence-electron chi connectivity index (χ1n) is 5.38. The molecule has 3 unspecified atom stereocenters. The summed E-state index contributed by atoms with van der Waals surface area (Å²) in [5.41, 5.74) is 2.69. The molecule has 0 aromatic carbocycles. The molecule has 0 aromatic heterocycles. The van der Waals surface area contributed by atoms with Crippen LogP contribution in [0.1, 0.15) is 6.92 Å². The van der Waals surface area contributed by atoms with E-state index in [4.69, 9.17) is 9.84 Å². The van der Waals surface area contributed by atoms with Crippen molar-refractivity contribution >= 4 is 17.7 Å². The number of aliphatic carboxylic acids is 1. The van der Waals surface area contributed by atoms with E-state index in [0.29, 0.717) is 19.0 Å². The van der Waals surface area contributed by atoms with E-state index in [2.05, 4.69) is 17.9 Å². The van der Waals surface area contributed by atoms with Crippen LogP contribution in [-0.2, 0) is 28.1 Å². The molecule has 1 radical (unpaired) electrons. The third-order valence-corrected chi connectivity index (χ3v) is 4.98. The van der Waals surface area contributed by atoms with Crippen LogP contribution in [0, 0.1) is 7.11 Å². The summed E-state index contributed by atoms with van der Waals surface area (Å²) in [5, 5.41) is 14.0. The van der Waals surface area contributed by atoms with E-state index >= 15 is 0 Å². The fraction of sp³-hybridized carbons (Fsp3) is 0.778. The molecule has 0 bridgehead atoms. The van der Waals surface area contributed by atoms with Gasteiger partial charge in [-0.3, -0.25) is 10.1 Å². The number of carboxylic acids is 1. The maximum atomic E-state index is 11.1. The Kier molecular flexibility index (Phi) is 3.77. The SMILES string of the molecule is [CH2-]OC1(C)CNC23SCC(C(=O)O)N2CN3N1.[V]. The van der Waals surface area contributed by atoms with E-state index in [1.807, 2.05) is 16.8 Å². The molecule has 0 aromatic rings. The summed E-state index contributed by atoms with van der Waals surface area (Å²) in [6.07, 6.45) is 0. The monoisotopic (exact) mass is 310 g/mol. The number of carboxylic acid groups (broad SMARTS) is 1. The second-order valence-electron chi connectivity index (χ2n) is 4.65. The molecular weight excluding hydrogens is 295 g/mol. The Morgan fingerprint density at radius 1 is 1.67 bits per heavy atom. The van der Waals surface area contributed by atoms with E-state index < -0.39 is 22.9 Å². The smallest absolute Gasteiger partial charge is 0.321 e. The van der Waals surface area contributed by atoms with Crippen LogP contribution in [0.3, 0.4) is 0 Å². The standard InChI is InChI=1S/C9H15N4O3S.V/c1-8(16-2)4-10-9-12(5-13(9)11-8)6(3-17-9)7(14)15;/h6,10-11H,2-5H2,1H3,(H,14,15);/q-1;. The van der Waals surface area contributed by atoms with Gasteiger partial charge in [0.2, 0.25) is 0 Å². The minimum absolute atomic E-state index is 0. The fourth-order valence-corrected chi connectivity index (χ4v) is 3.93. The molecule has 3 rings (SSSR count). The van der Waals surface area contributed by atoms with Gasteiger partial charge in [0.25, 0.3) is 0 Å². The van der Waals surface area contributed by atoms with Gasteiger partial charge in [0, 0.05) is 30.9 Å². The minimum atomic E-state index is -0.766. The van der Waals surface area contributed by atoms with Gasteiger partial charge in [-0.15, -0.1) is 11.8 Å². The number of nitrogens with zero attached hydrogens (tertiary/aromatic N) is 2. The quantitative estimate of drug-likeness (QED) is 0.561. The molecule has 101 valence electrons. The predicted molar refractivity (Wildman–Crippen MR) is 61.1 cm³/mol. The molecule has 3 heterocycles. The molecule has 3 N–H and O–H groups in total. The molecule has 3 aliphatic heterocycles. The van der Waals surface area contributed by atoms with Crippen LogP contribution in [0.25, 0.3) is 0 Å². The molecule has 18 heavy (non-hydrogen) atoms. The van der Waals surface area contributed by atoms with Crippen molar-refractivity contribution in [3.8, 4) is 0 Å². The van der Waals surface area contributed by atoms with Gasteiger partial charge in [-0.1, -0.05) is 0 Å². The van der Waals surface area contributed by atoms with Crippen molar-refractivity contribution in [2.75, 3.05) is 19.0 Å². The number of hydrazine groups is 1. The zero-order valence-electron chi connectivity index (χ0n) is 9.92. The van der Waals surface area contributed by atoms with Crippen molar-refractivity contribution in [2.24, 2.45) is 0 Å².